The van der Waals surface area contributed by atoms with Crippen molar-refractivity contribution in [2.45, 2.75) is 63.5 Å². The van der Waals surface area contributed by atoms with Crippen molar-refractivity contribution in [1.29, 1.82) is 0 Å². The van der Waals surface area contributed by atoms with Gasteiger partial charge in [0.15, 0.2) is 0 Å². The second-order valence-corrected chi connectivity index (χ2v) is 8.99. The van der Waals surface area contributed by atoms with Gasteiger partial charge in [-0.1, -0.05) is 17.7 Å². The van der Waals surface area contributed by atoms with Gasteiger partial charge in [-0.15, -0.1) is 0 Å². The van der Waals surface area contributed by atoms with Gasteiger partial charge < -0.3 is 20.0 Å². The molecule has 0 bridgehead atoms. The van der Waals surface area contributed by atoms with E-state index in [1.54, 1.807) is 32.9 Å². The SMILES string of the molecule is Cc1ccc(S(=O)(=O)NCCCC[C@H](NC(=O)OC(C)(C)C)C(=O)[O-])cc1. The number of carbonyl (C=O) groups is 2. The standard InChI is InChI=1S/C18H28N2O6S/c1-13-8-10-14(11-9-13)27(24,25)19-12-6-5-7-15(16(21)22)20-17(23)26-18(2,3)4/h8-11,15,19H,5-7,12H2,1-4H3,(H,20,23)(H,21,22)/p-1/t15-/m0/s1. The maximum atomic E-state index is 12.1. The minimum Gasteiger partial charge on any atom is -0.548 e. The van der Waals surface area contributed by atoms with Crippen molar-refractivity contribution < 1.29 is 27.9 Å². The maximum absolute atomic E-state index is 12.1. The molecule has 0 aliphatic carbocycles. The fourth-order valence-corrected chi connectivity index (χ4v) is 3.25. The molecule has 0 aliphatic heterocycles. The number of unbranched alkanes of at least 4 members (excludes halogenated alkanes) is 1. The maximum Gasteiger partial charge on any atom is 0.408 e. The van der Waals surface area contributed by atoms with Crippen LogP contribution < -0.4 is 15.1 Å². The number of aryl methyl sites for hydroxylation is 1. The zero-order valence-electron chi connectivity index (χ0n) is 16.1. The van der Waals surface area contributed by atoms with E-state index in [4.69, 9.17) is 4.74 Å². The summed E-state index contributed by atoms with van der Waals surface area (Å²) in [6, 6.07) is 5.26. The van der Waals surface area contributed by atoms with E-state index in [1.165, 1.54) is 12.1 Å². The first-order valence-corrected chi connectivity index (χ1v) is 10.2. The van der Waals surface area contributed by atoms with E-state index in [-0.39, 0.29) is 17.9 Å². The van der Waals surface area contributed by atoms with E-state index in [0.717, 1.165) is 5.56 Å². The Kier molecular flexibility index (Phi) is 8.23. The van der Waals surface area contributed by atoms with Crippen LogP contribution >= 0.6 is 0 Å². The number of benzene rings is 1. The van der Waals surface area contributed by atoms with Crippen LogP contribution in [0.5, 0.6) is 0 Å². The first-order valence-electron chi connectivity index (χ1n) is 8.67. The number of sulfonamides is 1. The highest BCUT2D eigenvalue weighted by molar-refractivity contribution is 7.89. The molecule has 0 unspecified atom stereocenters. The summed E-state index contributed by atoms with van der Waals surface area (Å²) in [6.07, 6.45) is 0.0561. The van der Waals surface area contributed by atoms with Crippen molar-refractivity contribution in [2.75, 3.05) is 6.54 Å². The number of hydrogen-bond donors (Lipinski definition) is 2. The number of nitrogens with one attached hydrogen (secondary N) is 2. The summed E-state index contributed by atoms with van der Waals surface area (Å²) < 4.78 is 31.8. The molecule has 1 aromatic rings. The summed E-state index contributed by atoms with van der Waals surface area (Å²) in [5.74, 6) is -1.42. The number of ether oxygens (including phenoxy) is 1. The van der Waals surface area contributed by atoms with Crippen molar-refractivity contribution in [1.82, 2.24) is 10.0 Å². The van der Waals surface area contributed by atoms with Crippen LogP contribution in [0.25, 0.3) is 0 Å². The summed E-state index contributed by atoms with van der Waals surface area (Å²) in [5.41, 5.74) is 0.217. The topological polar surface area (TPSA) is 125 Å². The Bertz CT molecular complexity index is 738. The number of rotatable bonds is 9. The fraction of sp³-hybridized carbons (Fsp3) is 0.556. The number of aliphatic carboxylic acids is 1. The average Bonchev–Trinajstić information content (AvgIpc) is 2.51. The van der Waals surface area contributed by atoms with Crippen LogP contribution in [0.15, 0.2) is 29.2 Å². The molecule has 0 spiro atoms. The van der Waals surface area contributed by atoms with Crippen LogP contribution in [0.3, 0.4) is 0 Å². The smallest absolute Gasteiger partial charge is 0.408 e. The normalized spacial score (nSPS) is 13.0. The van der Waals surface area contributed by atoms with E-state index < -0.39 is 33.7 Å². The number of amides is 1. The van der Waals surface area contributed by atoms with Gasteiger partial charge in [0.05, 0.1) is 16.9 Å². The Balaban J connectivity index is 2.42. The van der Waals surface area contributed by atoms with Crippen molar-refractivity contribution in [3.8, 4) is 0 Å². The molecular formula is C18H27N2O6S-. The summed E-state index contributed by atoms with van der Waals surface area (Å²) in [7, 11) is -3.60. The molecule has 1 rings (SSSR count). The number of carboxylic acids is 1. The number of alkyl carbamates (subject to hydrolysis) is 1. The zero-order chi connectivity index (χ0) is 20.7. The molecule has 1 atom stereocenters. The molecule has 1 amide bonds. The Morgan fingerprint density at radius 3 is 2.26 bits per heavy atom. The van der Waals surface area contributed by atoms with E-state index in [1.807, 2.05) is 6.92 Å². The quantitative estimate of drug-likeness (QED) is 0.599. The molecule has 9 heteroatoms. The van der Waals surface area contributed by atoms with E-state index >= 15 is 0 Å². The zero-order valence-corrected chi connectivity index (χ0v) is 16.9. The van der Waals surface area contributed by atoms with Gasteiger partial charge in [0.1, 0.15) is 5.60 Å². The molecule has 0 saturated heterocycles. The highest BCUT2D eigenvalue weighted by Gasteiger charge is 2.20. The predicted molar refractivity (Wildman–Crippen MR) is 98.4 cm³/mol. The average molecular weight is 399 g/mol. The van der Waals surface area contributed by atoms with Gasteiger partial charge in [-0.2, -0.15) is 0 Å². The lowest BCUT2D eigenvalue weighted by Gasteiger charge is -2.24. The Labute approximate surface area is 160 Å². The van der Waals surface area contributed by atoms with Gasteiger partial charge in [0.25, 0.3) is 0 Å². The van der Waals surface area contributed by atoms with Gasteiger partial charge in [0, 0.05) is 6.54 Å². The first-order chi connectivity index (χ1) is 12.4. The number of carboxylic acid groups (broad SMARTS) is 1. The molecule has 2 N–H and O–H groups in total. The molecule has 8 nitrogen and oxygen atoms in total. The highest BCUT2D eigenvalue weighted by Crippen LogP contribution is 2.11. The van der Waals surface area contributed by atoms with Crippen LogP contribution in [0.2, 0.25) is 0 Å². The molecule has 1 aromatic carbocycles. The first kappa shape index (κ1) is 22.9. The fourth-order valence-electron chi connectivity index (χ4n) is 2.18. The summed E-state index contributed by atoms with van der Waals surface area (Å²) in [4.78, 5) is 23.0. The highest BCUT2D eigenvalue weighted by atomic mass is 32.2. The molecule has 0 heterocycles. The minimum atomic E-state index is -3.60. The van der Waals surface area contributed by atoms with E-state index in [2.05, 4.69) is 10.0 Å². The lowest BCUT2D eigenvalue weighted by molar-refractivity contribution is -0.308. The Hall–Kier alpha value is -2.13. The van der Waals surface area contributed by atoms with Crippen molar-refractivity contribution in [2.24, 2.45) is 0 Å². The van der Waals surface area contributed by atoms with Crippen molar-refractivity contribution in [3.05, 3.63) is 29.8 Å². The third-order valence-corrected chi connectivity index (χ3v) is 5.00. The van der Waals surface area contributed by atoms with Crippen LogP contribution in [0.4, 0.5) is 4.79 Å². The third-order valence-electron chi connectivity index (χ3n) is 3.52. The van der Waals surface area contributed by atoms with Crippen LogP contribution in [0, 0.1) is 6.92 Å². The number of hydrogen-bond acceptors (Lipinski definition) is 6. The van der Waals surface area contributed by atoms with Crippen LogP contribution in [-0.2, 0) is 19.6 Å². The molecule has 152 valence electrons. The van der Waals surface area contributed by atoms with Gasteiger partial charge in [0.2, 0.25) is 10.0 Å². The van der Waals surface area contributed by atoms with Gasteiger partial charge >= 0.3 is 6.09 Å². The molecular weight excluding hydrogens is 372 g/mol. The minimum absolute atomic E-state index is 0.105. The summed E-state index contributed by atoms with van der Waals surface area (Å²) >= 11 is 0. The van der Waals surface area contributed by atoms with Crippen molar-refractivity contribution >= 4 is 22.1 Å². The molecule has 0 fully saturated rings. The van der Waals surface area contributed by atoms with Gasteiger partial charge in [-0.3, -0.25) is 0 Å². The Morgan fingerprint density at radius 1 is 1.15 bits per heavy atom. The number of carbonyl (C=O) groups excluding carboxylic acids is 2. The second kappa shape index (κ2) is 9.70. The molecule has 27 heavy (non-hydrogen) atoms. The monoisotopic (exact) mass is 399 g/mol. The molecule has 0 aromatic heterocycles. The summed E-state index contributed by atoms with van der Waals surface area (Å²) in [5, 5.41) is 13.4. The van der Waals surface area contributed by atoms with E-state index in [0.29, 0.717) is 12.8 Å². The Morgan fingerprint density at radius 2 is 1.74 bits per heavy atom. The predicted octanol–water partition coefficient (Wildman–Crippen LogP) is 1.09. The summed E-state index contributed by atoms with van der Waals surface area (Å²) in [6.45, 7) is 7.02. The second-order valence-electron chi connectivity index (χ2n) is 7.22. The van der Waals surface area contributed by atoms with Crippen LogP contribution in [0.1, 0.15) is 45.6 Å². The van der Waals surface area contributed by atoms with Crippen molar-refractivity contribution in [3.63, 3.8) is 0 Å². The molecule has 0 radical (unpaired) electrons. The van der Waals surface area contributed by atoms with E-state index in [9.17, 15) is 23.1 Å². The van der Waals surface area contributed by atoms with Gasteiger partial charge in [-0.05, 0) is 59.1 Å². The lowest BCUT2D eigenvalue weighted by atomic mass is 10.1. The molecule has 0 saturated carbocycles. The molecule has 0 aliphatic rings. The lowest BCUT2D eigenvalue weighted by Crippen LogP contribution is -2.49. The van der Waals surface area contributed by atoms with Gasteiger partial charge in [-0.25, -0.2) is 17.9 Å². The third kappa shape index (κ3) is 8.87. The largest absolute Gasteiger partial charge is 0.548 e. The van der Waals surface area contributed by atoms with Crippen LogP contribution in [-0.4, -0.2) is 38.7 Å².